The first-order chi connectivity index (χ1) is 21.7. The minimum atomic E-state index is -0.642. The molecule has 3 aromatic carbocycles. The second-order valence-electron chi connectivity index (χ2n) is 9.59. The van der Waals surface area contributed by atoms with Crippen molar-refractivity contribution in [1.82, 2.24) is 16.1 Å². The Hall–Kier alpha value is -4.32. The van der Waals surface area contributed by atoms with Crippen LogP contribution in [-0.2, 0) is 20.9 Å². The molecule has 3 aromatic rings. The van der Waals surface area contributed by atoms with Crippen LogP contribution in [0.5, 0.6) is 17.2 Å². The van der Waals surface area contributed by atoms with Crippen molar-refractivity contribution in [2.75, 3.05) is 19.8 Å². The summed E-state index contributed by atoms with van der Waals surface area (Å²) in [6, 6.07) is 17.1. The van der Waals surface area contributed by atoms with Gasteiger partial charge in [-0.15, -0.1) is 0 Å². The standard InChI is InChI=1S/C32H32Cl2N4O6S/c1-4-41-26-15-21(14-24(34)30(26)44-17-20-9-8-10-22(33)13-20)16-35-38-27(39)18-43-25-12-7-6-11-23(25)29-28(31(40)42-5-2)19(3)36-32(45)37-29/h6-16,29H,4-5,17-18H2,1-3H3,(H,38,39)(H2,36,37,45)/t29-/m0/s1. The molecule has 0 bridgehead atoms. The molecule has 4 rings (SSSR count). The maximum absolute atomic E-state index is 12.8. The predicted molar refractivity (Wildman–Crippen MR) is 177 cm³/mol. The SMILES string of the molecule is CCOC(=O)C1=C(C)NC(=S)N[C@H]1c1ccccc1OCC(=O)NN=Cc1cc(Cl)c(OCc2cccc(Cl)c2)c(OCC)c1. The smallest absolute Gasteiger partial charge is 0.338 e. The summed E-state index contributed by atoms with van der Waals surface area (Å²) in [6.45, 7) is 5.82. The van der Waals surface area contributed by atoms with Gasteiger partial charge in [0.1, 0.15) is 12.4 Å². The monoisotopic (exact) mass is 670 g/mol. The van der Waals surface area contributed by atoms with E-state index in [0.29, 0.717) is 61.4 Å². The summed E-state index contributed by atoms with van der Waals surface area (Å²) in [5.74, 6) is 0.196. The zero-order valence-electron chi connectivity index (χ0n) is 24.8. The molecule has 0 spiro atoms. The topological polar surface area (TPSA) is 120 Å². The lowest BCUT2D eigenvalue weighted by Gasteiger charge is -2.30. The number of hydrogen-bond acceptors (Lipinski definition) is 8. The summed E-state index contributed by atoms with van der Waals surface area (Å²) in [4.78, 5) is 25.4. The first-order valence-electron chi connectivity index (χ1n) is 14.0. The molecule has 0 aromatic heterocycles. The molecule has 1 atom stereocenters. The average Bonchev–Trinajstić information content (AvgIpc) is 2.99. The van der Waals surface area contributed by atoms with Crippen molar-refractivity contribution in [3.63, 3.8) is 0 Å². The van der Waals surface area contributed by atoms with E-state index in [-0.39, 0.29) is 19.8 Å². The molecule has 0 aliphatic carbocycles. The van der Waals surface area contributed by atoms with E-state index >= 15 is 0 Å². The van der Waals surface area contributed by atoms with E-state index in [1.54, 1.807) is 62.4 Å². The molecule has 0 saturated heterocycles. The average molecular weight is 672 g/mol. The Labute approximate surface area is 276 Å². The highest BCUT2D eigenvalue weighted by Crippen LogP contribution is 2.37. The predicted octanol–water partition coefficient (Wildman–Crippen LogP) is 5.86. The summed E-state index contributed by atoms with van der Waals surface area (Å²) in [5.41, 5.74) is 5.43. The minimum Gasteiger partial charge on any atom is -0.490 e. The molecule has 0 radical (unpaired) electrons. The lowest BCUT2D eigenvalue weighted by molar-refractivity contribution is -0.139. The van der Waals surface area contributed by atoms with Crippen LogP contribution in [0.15, 0.2) is 77.0 Å². The fourth-order valence-corrected chi connectivity index (χ4v) is 5.22. The van der Waals surface area contributed by atoms with Gasteiger partial charge in [-0.05, 0) is 74.4 Å². The minimum absolute atomic E-state index is 0.215. The molecule has 10 nitrogen and oxygen atoms in total. The summed E-state index contributed by atoms with van der Waals surface area (Å²) in [5, 5.41) is 11.4. The van der Waals surface area contributed by atoms with Gasteiger partial charge < -0.3 is 29.6 Å². The van der Waals surface area contributed by atoms with Gasteiger partial charge >= 0.3 is 5.97 Å². The highest BCUT2D eigenvalue weighted by molar-refractivity contribution is 7.80. The number of rotatable bonds is 13. The molecule has 45 heavy (non-hydrogen) atoms. The van der Waals surface area contributed by atoms with Crippen LogP contribution in [-0.4, -0.2) is 43.0 Å². The maximum Gasteiger partial charge on any atom is 0.338 e. The number of carbonyl (C=O) groups excluding carboxylic acids is 2. The Morgan fingerprint density at radius 1 is 1.00 bits per heavy atom. The van der Waals surface area contributed by atoms with Crippen LogP contribution in [0.25, 0.3) is 0 Å². The van der Waals surface area contributed by atoms with Crippen molar-refractivity contribution in [2.45, 2.75) is 33.4 Å². The van der Waals surface area contributed by atoms with Crippen molar-refractivity contribution in [2.24, 2.45) is 5.10 Å². The molecule has 3 N–H and O–H groups in total. The molecule has 0 saturated carbocycles. The van der Waals surface area contributed by atoms with Gasteiger partial charge in [0.2, 0.25) is 0 Å². The number of allylic oxidation sites excluding steroid dienone is 1. The molecule has 0 fully saturated rings. The third-order valence-corrected chi connectivity index (χ3v) is 7.10. The van der Waals surface area contributed by atoms with E-state index in [4.69, 9.17) is 54.4 Å². The highest BCUT2D eigenvalue weighted by Gasteiger charge is 2.32. The van der Waals surface area contributed by atoms with E-state index in [1.807, 2.05) is 19.1 Å². The van der Waals surface area contributed by atoms with Crippen molar-refractivity contribution in [3.05, 3.63) is 98.7 Å². The van der Waals surface area contributed by atoms with Gasteiger partial charge in [-0.3, -0.25) is 4.79 Å². The number of thiocarbonyl (C=S) groups is 1. The van der Waals surface area contributed by atoms with Crippen LogP contribution in [0, 0.1) is 0 Å². The number of para-hydroxylation sites is 1. The Morgan fingerprint density at radius 3 is 2.56 bits per heavy atom. The number of hydrogen-bond donors (Lipinski definition) is 3. The molecule has 236 valence electrons. The second-order valence-corrected chi connectivity index (χ2v) is 10.8. The number of hydrazone groups is 1. The number of halogens is 2. The van der Waals surface area contributed by atoms with E-state index in [1.165, 1.54) is 6.21 Å². The normalized spacial score (nSPS) is 14.4. The number of nitrogens with zero attached hydrogens (tertiary/aromatic N) is 1. The van der Waals surface area contributed by atoms with Gasteiger partial charge in [0.05, 0.1) is 36.1 Å². The Balaban J connectivity index is 1.41. The highest BCUT2D eigenvalue weighted by atomic mass is 35.5. The zero-order valence-corrected chi connectivity index (χ0v) is 27.1. The Morgan fingerprint density at radius 2 is 1.80 bits per heavy atom. The zero-order chi connectivity index (χ0) is 32.3. The van der Waals surface area contributed by atoms with E-state index in [2.05, 4.69) is 21.2 Å². The summed E-state index contributed by atoms with van der Waals surface area (Å²) < 4.78 is 22.8. The lowest BCUT2D eigenvalue weighted by Crippen LogP contribution is -2.45. The number of nitrogens with one attached hydrogen (secondary N) is 3. The molecule has 1 aliphatic rings. The number of esters is 1. The van der Waals surface area contributed by atoms with Gasteiger partial charge in [0, 0.05) is 16.3 Å². The van der Waals surface area contributed by atoms with Crippen molar-refractivity contribution in [1.29, 1.82) is 0 Å². The number of amides is 1. The third-order valence-electron chi connectivity index (χ3n) is 6.36. The van der Waals surface area contributed by atoms with Crippen molar-refractivity contribution >= 4 is 58.6 Å². The summed E-state index contributed by atoms with van der Waals surface area (Å²) >= 11 is 17.9. The van der Waals surface area contributed by atoms with Crippen molar-refractivity contribution in [3.8, 4) is 17.2 Å². The van der Waals surface area contributed by atoms with E-state index in [0.717, 1.165) is 5.56 Å². The van der Waals surface area contributed by atoms with Gasteiger partial charge in [-0.1, -0.05) is 53.5 Å². The van der Waals surface area contributed by atoms with Crippen LogP contribution in [0.3, 0.4) is 0 Å². The second kappa shape index (κ2) is 16.1. The Kier molecular flexibility index (Phi) is 12.0. The fourth-order valence-electron chi connectivity index (χ4n) is 4.46. The molecule has 0 unspecified atom stereocenters. The van der Waals surface area contributed by atoms with Gasteiger partial charge in [0.25, 0.3) is 5.91 Å². The molecular weight excluding hydrogens is 639 g/mol. The number of carbonyl (C=O) groups is 2. The van der Waals surface area contributed by atoms with Crippen LogP contribution in [0.1, 0.15) is 43.5 Å². The van der Waals surface area contributed by atoms with Crippen LogP contribution in [0.2, 0.25) is 10.0 Å². The maximum atomic E-state index is 12.8. The van der Waals surface area contributed by atoms with Crippen LogP contribution < -0.4 is 30.3 Å². The van der Waals surface area contributed by atoms with E-state index in [9.17, 15) is 9.59 Å². The first kappa shape index (κ1) is 33.6. The lowest BCUT2D eigenvalue weighted by atomic mass is 9.95. The summed E-state index contributed by atoms with van der Waals surface area (Å²) in [7, 11) is 0. The molecular formula is C32H32Cl2N4O6S. The van der Waals surface area contributed by atoms with E-state index < -0.39 is 17.9 Å². The van der Waals surface area contributed by atoms with Crippen molar-refractivity contribution < 1.29 is 28.5 Å². The van der Waals surface area contributed by atoms with Gasteiger partial charge in [-0.25, -0.2) is 10.2 Å². The van der Waals surface area contributed by atoms with Gasteiger partial charge in [0.15, 0.2) is 23.2 Å². The molecule has 13 heteroatoms. The first-order valence-corrected chi connectivity index (χ1v) is 15.2. The largest absolute Gasteiger partial charge is 0.490 e. The summed E-state index contributed by atoms with van der Waals surface area (Å²) in [6.07, 6.45) is 1.43. The molecule has 1 aliphatic heterocycles. The Bertz CT molecular complexity index is 1630. The molecule has 1 heterocycles. The third kappa shape index (κ3) is 9.10. The fraction of sp³-hybridized carbons (Fsp3) is 0.250. The quantitative estimate of drug-likeness (QED) is 0.0890. The number of ether oxygens (including phenoxy) is 4. The van der Waals surface area contributed by atoms with Crippen LogP contribution >= 0.6 is 35.4 Å². The molecule has 1 amide bonds. The number of benzene rings is 3. The van der Waals surface area contributed by atoms with Gasteiger partial charge in [-0.2, -0.15) is 5.10 Å². The van der Waals surface area contributed by atoms with Crippen LogP contribution in [0.4, 0.5) is 0 Å².